The molecule has 2 aromatic heterocycles. The molecule has 142 valence electrons. The Morgan fingerprint density at radius 1 is 0.600 bits per heavy atom. The minimum absolute atomic E-state index is 0.00596. The molecule has 5 nitrogen and oxygen atoms in total. The van der Waals surface area contributed by atoms with Gasteiger partial charge in [0.05, 0.1) is 22.4 Å². The van der Waals surface area contributed by atoms with Gasteiger partial charge in [-0.1, -0.05) is 60.7 Å². The van der Waals surface area contributed by atoms with Crippen LogP contribution >= 0.6 is 0 Å². The summed E-state index contributed by atoms with van der Waals surface area (Å²) < 4.78 is 0. The normalized spacial score (nSPS) is 16.2. The van der Waals surface area contributed by atoms with Crippen molar-refractivity contribution in [1.82, 2.24) is 20.4 Å². The highest BCUT2D eigenvalue weighted by molar-refractivity contribution is 6.51. The van der Waals surface area contributed by atoms with Crippen LogP contribution in [0.3, 0.4) is 0 Å². The molecular weight excluding hydrogens is 372 g/mol. The number of aromatic nitrogens is 4. The molecule has 0 spiro atoms. The molecule has 2 heterocycles. The Bertz CT molecular complexity index is 1400. The summed E-state index contributed by atoms with van der Waals surface area (Å²) in [5.74, 6) is -0.00596. The molecule has 5 aromatic rings. The molecule has 5 heteroatoms. The number of rotatable bonds is 2. The third kappa shape index (κ3) is 2.46. The maximum atomic E-state index is 13.5. The Labute approximate surface area is 171 Å². The third-order valence-corrected chi connectivity index (χ3v) is 5.56. The molecule has 2 N–H and O–H groups in total. The lowest BCUT2D eigenvalue weighted by Gasteiger charge is -1.98. The van der Waals surface area contributed by atoms with E-state index in [1.54, 1.807) is 0 Å². The van der Waals surface area contributed by atoms with Crippen LogP contribution in [0.25, 0.3) is 45.1 Å². The zero-order valence-corrected chi connectivity index (χ0v) is 15.9. The average Bonchev–Trinajstić information content (AvgIpc) is 3.46. The number of carbonyl (C=O) groups is 1. The van der Waals surface area contributed by atoms with E-state index in [9.17, 15) is 4.79 Å². The van der Waals surface area contributed by atoms with Crippen molar-refractivity contribution in [3.05, 3.63) is 95.3 Å². The van der Waals surface area contributed by atoms with Crippen molar-refractivity contribution in [3.63, 3.8) is 0 Å². The van der Waals surface area contributed by atoms with Crippen LogP contribution in [0, 0.1) is 0 Å². The summed E-state index contributed by atoms with van der Waals surface area (Å²) in [5.41, 5.74) is 6.59. The van der Waals surface area contributed by atoms with Crippen molar-refractivity contribution in [2.75, 3.05) is 0 Å². The first kappa shape index (κ1) is 16.7. The molecule has 1 aliphatic rings. The largest absolute Gasteiger partial charge is 0.289 e. The predicted molar refractivity (Wildman–Crippen MR) is 119 cm³/mol. The molecule has 0 amide bonds. The fourth-order valence-corrected chi connectivity index (χ4v) is 4.10. The van der Waals surface area contributed by atoms with Gasteiger partial charge in [-0.05, 0) is 35.4 Å². The number of allylic oxidation sites excluding steroid dienone is 2. The molecule has 30 heavy (non-hydrogen) atoms. The molecule has 0 bridgehead atoms. The van der Waals surface area contributed by atoms with Gasteiger partial charge in [0.2, 0.25) is 0 Å². The van der Waals surface area contributed by atoms with Gasteiger partial charge in [0.25, 0.3) is 0 Å². The van der Waals surface area contributed by atoms with Crippen molar-refractivity contribution < 1.29 is 4.79 Å². The lowest BCUT2D eigenvalue weighted by atomic mass is 10.0. The van der Waals surface area contributed by atoms with E-state index in [-0.39, 0.29) is 5.78 Å². The molecule has 3 aromatic carbocycles. The summed E-state index contributed by atoms with van der Waals surface area (Å²) in [5, 5.41) is 16.8. The Balaban J connectivity index is 1.53. The van der Waals surface area contributed by atoms with E-state index in [1.165, 1.54) is 0 Å². The van der Waals surface area contributed by atoms with Crippen LogP contribution in [0.5, 0.6) is 0 Å². The van der Waals surface area contributed by atoms with E-state index in [0.29, 0.717) is 11.1 Å². The topological polar surface area (TPSA) is 74.4 Å². The van der Waals surface area contributed by atoms with Crippen molar-refractivity contribution >= 4 is 50.9 Å². The van der Waals surface area contributed by atoms with Crippen LogP contribution in [0.4, 0.5) is 0 Å². The average molecular weight is 388 g/mol. The number of ketones is 1. The monoisotopic (exact) mass is 388 g/mol. The summed E-state index contributed by atoms with van der Waals surface area (Å²) >= 11 is 0. The number of Topliss-reactive ketones (excluding diaryl/α,β-unsaturated/α-hetero) is 1. The highest BCUT2D eigenvalue weighted by Gasteiger charge is 2.30. The molecule has 0 saturated carbocycles. The fourth-order valence-electron chi connectivity index (χ4n) is 4.10. The second-order valence-corrected chi connectivity index (χ2v) is 7.30. The maximum absolute atomic E-state index is 13.5. The number of nitrogens with zero attached hydrogens (tertiary/aromatic N) is 2. The number of hydrogen-bond donors (Lipinski definition) is 2. The van der Waals surface area contributed by atoms with Crippen LogP contribution in [0.1, 0.15) is 22.5 Å². The summed E-state index contributed by atoms with van der Waals surface area (Å²) in [6, 6.07) is 23.6. The number of H-pyrrole nitrogens is 2. The number of fused-ring (bicyclic) bond motifs is 3. The Morgan fingerprint density at radius 3 is 1.53 bits per heavy atom. The van der Waals surface area contributed by atoms with E-state index in [4.69, 9.17) is 0 Å². The minimum atomic E-state index is -0.00596. The second-order valence-electron chi connectivity index (χ2n) is 7.30. The smallest absolute Gasteiger partial charge is 0.194 e. The summed E-state index contributed by atoms with van der Waals surface area (Å²) in [4.78, 5) is 13.5. The number of aromatic amines is 2. The van der Waals surface area contributed by atoms with Crippen LogP contribution in [-0.4, -0.2) is 26.2 Å². The van der Waals surface area contributed by atoms with Crippen molar-refractivity contribution in [3.8, 4) is 0 Å². The van der Waals surface area contributed by atoms with E-state index >= 15 is 0 Å². The van der Waals surface area contributed by atoms with Crippen molar-refractivity contribution in [1.29, 1.82) is 0 Å². The zero-order valence-electron chi connectivity index (χ0n) is 15.9. The molecule has 0 radical (unpaired) electrons. The zero-order chi connectivity index (χ0) is 20.1. The molecule has 1 aliphatic carbocycles. The van der Waals surface area contributed by atoms with Gasteiger partial charge in [0, 0.05) is 21.9 Å². The SMILES string of the molecule is O=C1/C(=C\c2[nH]nc3ccccc23)c2ccccc2/C1=C/c1[nH]nc2ccccc12. The standard InChI is InChI=1S/C25H16N4O/c30-25-19(13-23-17-9-3-5-11-21(17)26-28-23)15-7-1-2-8-16(15)20(25)14-24-18-10-4-6-12-22(18)27-29-24/h1-14H,(H,26,28)(H,27,29)/b19-13-,20-14-. The lowest BCUT2D eigenvalue weighted by molar-refractivity contribution is -0.108. The molecule has 0 unspecified atom stereocenters. The summed E-state index contributed by atoms with van der Waals surface area (Å²) in [6.07, 6.45) is 3.81. The van der Waals surface area contributed by atoms with Gasteiger partial charge in [0.1, 0.15) is 0 Å². The molecule has 0 fully saturated rings. The molecular formula is C25H16N4O. The highest BCUT2D eigenvalue weighted by Crippen LogP contribution is 2.40. The van der Waals surface area contributed by atoms with Gasteiger partial charge in [-0.15, -0.1) is 0 Å². The van der Waals surface area contributed by atoms with Gasteiger partial charge in [-0.3, -0.25) is 15.0 Å². The van der Waals surface area contributed by atoms with Gasteiger partial charge in [-0.2, -0.15) is 10.2 Å². The van der Waals surface area contributed by atoms with E-state index in [2.05, 4.69) is 20.4 Å². The molecule has 6 rings (SSSR count). The number of hydrogen-bond acceptors (Lipinski definition) is 3. The first-order valence-electron chi connectivity index (χ1n) is 9.74. The van der Waals surface area contributed by atoms with Gasteiger partial charge in [0.15, 0.2) is 5.78 Å². The van der Waals surface area contributed by atoms with Gasteiger partial charge in [-0.25, -0.2) is 0 Å². The number of nitrogens with one attached hydrogen (secondary N) is 2. The van der Waals surface area contributed by atoms with Gasteiger partial charge < -0.3 is 0 Å². The van der Waals surface area contributed by atoms with Crippen LogP contribution in [0.2, 0.25) is 0 Å². The molecule has 0 saturated heterocycles. The second kappa shape index (κ2) is 6.39. The lowest BCUT2D eigenvalue weighted by Crippen LogP contribution is -1.94. The predicted octanol–water partition coefficient (Wildman–Crippen LogP) is 5.10. The number of benzene rings is 3. The minimum Gasteiger partial charge on any atom is -0.289 e. The first-order chi connectivity index (χ1) is 14.8. The van der Waals surface area contributed by atoms with Gasteiger partial charge >= 0.3 is 0 Å². The summed E-state index contributed by atoms with van der Waals surface area (Å²) in [6.45, 7) is 0. The van der Waals surface area contributed by atoms with Crippen LogP contribution in [-0.2, 0) is 4.79 Å². The van der Waals surface area contributed by atoms with Crippen LogP contribution < -0.4 is 0 Å². The molecule has 0 aliphatic heterocycles. The maximum Gasteiger partial charge on any atom is 0.194 e. The van der Waals surface area contributed by atoms with Crippen molar-refractivity contribution in [2.24, 2.45) is 0 Å². The summed E-state index contributed by atoms with van der Waals surface area (Å²) in [7, 11) is 0. The Morgan fingerprint density at radius 2 is 1.03 bits per heavy atom. The first-order valence-corrected chi connectivity index (χ1v) is 9.74. The number of carbonyl (C=O) groups excluding carboxylic acids is 1. The third-order valence-electron chi connectivity index (χ3n) is 5.56. The molecule has 0 atom stereocenters. The number of para-hydroxylation sites is 2. The van der Waals surface area contributed by atoms with E-state index in [1.807, 2.05) is 84.9 Å². The van der Waals surface area contributed by atoms with Crippen LogP contribution in [0.15, 0.2) is 72.8 Å². The fraction of sp³-hybridized carbons (Fsp3) is 0. The Kier molecular flexibility index (Phi) is 3.55. The highest BCUT2D eigenvalue weighted by atomic mass is 16.1. The van der Waals surface area contributed by atoms with E-state index < -0.39 is 0 Å². The Hall–Kier alpha value is -4.25. The van der Waals surface area contributed by atoms with Crippen molar-refractivity contribution in [2.45, 2.75) is 0 Å². The van der Waals surface area contributed by atoms with E-state index in [0.717, 1.165) is 44.3 Å². The quantitative estimate of drug-likeness (QED) is 0.413.